The van der Waals surface area contributed by atoms with E-state index >= 15 is 0 Å². The highest BCUT2D eigenvalue weighted by atomic mass is 79.9. The zero-order valence-corrected chi connectivity index (χ0v) is 23.6. The lowest BCUT2D eigenvalue weighted by molar-refractivity contribution is 0.601. The Labute approximate surface area is 226 Å². The summed E-state index contributed by atoms with van der Waals surface area (Å²) in [6.07, 6.45) is 0. The summed E-state index contributed by atoms with van der Waals surface area (Å²) in [6.45, 7) is 0. The minimum absolute atomic E-state index is 0.105. The van der Waals surface area contributed by atoms with Gasteiger partial charge in [-0.1, -0.05) is 80.4 Å². The van der Waals surface area contributed by atoms with Crippen LogP contribution in [-0.2, 0) is 19.1 Å². The van der Waals surface area contributed by atoms with Gasteiger partial charge in [-0.15, -0.1) is 0 Å². The zero-order valence-electron chi connectivity index (χ0n) is 18.1. The zero-order chi connectivity index (χ0) is 25.9. The number of sulfonamides is 1. The minimum atomic E-state index is -3.58. The Morgan fingerprint density at radius 1 is 0.629 bits per heavy atom. The van der Waals surface area contributed by atoms with Crippen LogP contribution in [0.5, 0.6) is 0 Å². The highest BCUT2D eigenvalue weighted by Crippen LogP contribution is 2.20. The molecule has 4 aromatic carbocycles. The fourth-order valence-electron chi connectivity index (χ4n) is 2.43. The highest BCUT2D eigenvalue weighted by Gasteiger charge is 2.13. The molecule has 0 spiro atoms. The van der Waals surface area contributed by atoms with Gasteiger partial charge < -0.3 is 5.73 Å². The van der Waals surface area contributed by atoms with Gasteiger partial charge in [-0.05, 0) is 60.7 Å². The summed E-state index contributed by atoms with van der Waals surface area (Å²) in [5.74, 6) is 0. The predicted octanol–water partition coefficient (Wildman–Crippen LogP) is 6.90. The molecule has 0 saturated carbocycles. The molecule has 4 aromatic rings. The van der Waals surface area contributed by atoms with Gasteiger partial charge in [-0.3, -0.25) is 4.72 Å². The Bertz CT molecular complexity index is 1440. The SMILES string of the molecule is Nc1ccccc1.O=S(=O)(Cl)c1cccc(Br)c1.O=S(=O)(Nc1ccccc1)c1cccc(Br)c1. The fourth-order valence-corrected chi connectivity index (χ4v) is 5.43. The lowest BCUT2D eigenvalue weighted by atomic mass is 10.3. The maximum atomic E-state index is 12.0. The molecule has 0 aromatic heterocycles. The van der Waals surface area contributed by atoms with Crippen LogP contribution < -0.4 is 10.5 Å². The molecule has 3 N–H and O–H groups in total. The van der Waals surface area contributed by atoms with Gasteiger partial charge in [0.25, 0.3) is 19.1 Å². The van der Waals surface area contributed by atoms with E-state index in [-0.39, 0.29) is 9.79 Å². The van der Waals surface area contributed by atoms with Crippen LogP contribution in [0.1, 0.15) is 0 Å². The van der Waals surface area contributed by atoms with Crippen molar-refractivity contribution in [3.8, 4) is 0 Å². The summed E-state index contributed by atoms with van der Waals surface area (Å²) in [4.78, 5) is 0.337. The number of hydrogen-bond acceptors (Lipinski definition) is 5. The molecule has 0 radical (unpaired) electrons. The van der Waals surface area contributed by atoms with Crippen molar-refractivity contribution >= 4 is 73.0 Å². The lowest BCUT2D eigenvalue weighted by Gasteiger charge is -2.07. The molecule has 0 aliphatic rings. The maximum Gasteiger partial charge on any atom is 0.261 e. The second-order valence-electron chi connectivity index (χ2n) is 6.73. The molecule has 0 saturated heterocycles. The number of halogens is 3. The molecule has 0 bridgehead atoms. The topological polar surface area (TPSA) is 106 Å². The van der Waals surface area contributed by atoms with Crippen LogP contribution in [0.15, 0.2) is 128 Å². The lowest BCUT2D eigenvalue weighted by Crippen LogP contribution is -2.12. The highest BCUT2D eigenvalue weighted by molar-refractivity contribution is 9.10. The molecule has 0 aliphatic carbocycles. The van der Waals surface area contributed by atoms with E-state index in [1.54, 1.807) is 60.7 Å². The van der Waals surface area contributed by atoms with Crippen molar-refractivity contribution in [3.05, 3.63) is 118 Å². The summed E-state index contributed by atoms with van der Waals surface area (Å²) in [6, 6.07) is 31.1. The first-order valence-corrected chi connectivity index (χ1v) is 15.2. The molecule has 0 amide bonds. The Morgan fingerprint density at radius 2 is 1.09 bits per heavy atom. The number of rotatable bonds is 4. The number of anilines is 2. The van der Waals surface area contributed by atoms with Crippen molar-refractivity contribution in [3.63, 3.8) is 0 Å². The average Bonchev–Trinajstić information content (AvgIpc) is 2.80. The molecule has 184 valence electrons. The molecule has 0 atom stereocenters. The maximum absolute atomic E-state index is 12.0. The van der Waals surface area contributed by atoms with Crippen molar-refractivity contribution in [2.24, 2.45) is 0 Å². The van der Waals surface area contributed by atoms with Crippen molar-refractivity contribution in [2.75, 3.05) is 10.5 Å². The number of nitrogens with one attached hydrogen (secondary N) is 1. The Morgan fingerprint density at radius 3 is 1.49 bits per heavy atom. The number of benzene rings is 4. The molecular formula is C24H21Br2ClN2O4S2. The van der Waals surface area contributed by atoms with Crippen LogP contribution in [0.2, 0.25) is 0 Å². The second kappa shape index (κ2) is 13.6. The number of para-hydroxylation sites is 2. The molecule has 0 heterocycles. The van der Waals surface area contributed by atoms with Gasteiger partial charge in [0.15, 0.2) is 0 Å². The molecule has 6 nitrogen and oxygen atoms in total. The standard InChI is InChI=1S/C12H10BrNO2S.C6H4BrClO2S.C6H7N/c13-10-5-4-8-12(9-10)17(15,16)14-11-6-2-1-3-7-11;7-5-2-1-3-6(4-5)11(8,9)10;7-6-4-2-1-3-5-6/h1-9,14H;1-4H;1-5H,7H2. The number of nitrogen functional groups attached to an aromatic ring is 1. The van der Waals surface area contributed by atoms with Gasteiger partial charge in [0.05, 0.1) is 9.79 Å². The third-order valence-corrected chi connectivity index (χ3v) is 7.73. The van der Waals surface area contributed by atoms with Gasteiger partial charge in [0.1, 0.15) is 0 Å². The Balaban J connectivity index is 0.000000205. The van der Waals surface area contributed by atoms with Crippen LogP contribution in [0.3, 0.4) is 0 Å². The largest absolute Gasteiger partial charge is 0.399 e. The van der Waals surface area contributed by atoms with Crippen LogP contribution in [0.25, 0.3) is 0 Å². The summed E-state index contributed by atoms with van der Waals surface area (Å²) >= 11 is 6.38. The molecular weight excluding hydrogens is 640 g/mol. The first-order chi connectivity index (χ1) is 16.5. The second-order valence-corrected chi connectivity index (χ2v) is 12.8. The van der Waals surface area contributed by atoms with Gasteiger partial charge >= 0.3 is 0 Å². The van der Waals surface area contributed by atoms with E-state index in [0.717, 1.165) is 10.2 Å². The van der Waals surface area contributed by atoms with Crippen molar-refractivity contribution in [1.29, 1.82) is 0 Å². The molecule has 35 heavy (non-hydrogen) atoms. The van der Waals surface area contributed by atoms with Crippen LogP contribution in [-0.4, -0.2) is 16.8 Å². The summed E-state index contributed by atoms with van der Waals surface area (Å²) in [7, 11) is -2.02. The van der Waals surface area contributed by atoms with Crippen molar-refractivity contribution in [2.45, 2.75) is 9.79 Å². The molecule has 4 rings (SSSR count). The van der Waals surface area contributed by atoms with Crippen molar-refractivity contribution in [1.82, 2.24) is 0 Å². The van der Waals surface area contributed by atoms with E-state index in [1.165, 1.54) is 12.1 Å². The average molecular weight is 661 g/mol. The first kappa shape index (κ1) is 28.9. The van der Waals surface area contributed by atoms with E-state index in [9.17, 15) is 16.8 Å². The third-order valence-electron chi connectivity index (χ3n) is 4.01. The normalized spacial score (nSPS) is 10.7. The van der Waals surface area contributed by atoms with E-state index in [4.69, 9.17) is 16.4 Å². The van der Waals surface area contributed by atoms with Gasteiger partial charge in [-0.2, -0.15) is 0 Å². The fraction of sp³-hybridized carbons (Fsp3) is 0. The van der Waals surface area contributed by atoms with Crippen LogP contribution in [0.4, 0.5) is 11.4 Å². The smallest absolute Gasteiger partial charge is 0.261 e. The Kier molecular flexibility index (Phi) is 11.3. The van der Waals surface area contributed by atoms with Gasteiger partial charge in [0.2, 0.25) is 0 Å². The Hall–Kier alpha value is -2.37. The quantitative estimate of drug-likeness (QED) is 0.183. The van der Waals surface area contributed by atoms with Crippen molar-refractivity contribution < 1.29 is 16.8 Å². The van der Waals surface area contributed by atoms with Gasteiger partial charge in [0, 0.05) is 31.0 Å². The molecule has 0 aliphatic heterocycles. The monoisotopic (exact) mass is 658 g/mol. The minimum Gasteiger partial charge on any atom is -0.399 e. The summed E-state index contributed by atoms with van der Waals surface area (Å²) in [5.41, 5.74) is 6.73. The number of hydrogen-bond donors (Lipinski definition) is 2. The number of nitrogens with two attached hydrogens (primary N) is 1. The summed E-state index contributed by atoms with van der Waals surface area (Å²) in [5, 5.41) is 0. The third kappa shape index (κ3) is 10.8. The van der Waals surface area contributed by atoms with Crippen LogP contribution in [0, 0.1) is 0 Å². The first-order valence-electron chi connectivity index (χ1n) is 9.81. The molecule has 11 heteroatoms. The van der Waals surface area contributed by atoms with E-state index in [2.05, 4.69) is 36.6 Å². The molecule has 0 unspecified atom stereocenters. The summed E-state index contributed by atoms with van der Waals surface area (Å²) < 4.78 is 49.4. The van der Waals surface area contributed by atoms with Gasteiger partial charge in [-0.25, -0.2) is 16.8 Å². The van der Waals surface area contributed by atoms with E-state index in [0.29, 0.717) is 10.2 Å². The predicted molar refractivity (Wildman–Crippen MR) is 149 cm³/mol. The van der Waals surface area contributed by atoms with E-state index in [1.807, 2.05) is 36.4 Å². The molecule has 0 fully saturated rings. The van der Waals surface area contributed by atoms with E-state index < -0.39 is 19.1 Å². The van der Waals surface area contributed by atoms with Crippen LogP contribution >= 0.6 is 42.5 Å².